The van der Waals surface area contributed by atoms with Crippen molar-refractivity contribution in [1.29, 1.82) is 0 Å². The van der Waals surface area contributed by atoms with Gasteiger partial charge in [0.2, 0.25) is 0 Å². The van der Waals surface area contributed by atoms with Crippen LogP contribution in [0.3, 0.4) is 0 Å². The Labute approximate surface area is 192 Å². The van der Waals surface area contributed by atoms with E-state index in [0.717, 1.165) is 5.56 Å². The number of ketones is 1. The van der Waals surface area contributed by atoms with Gasteiger partial charge in [0.05, 0.1) is 23.7 Å². The van der Waals surface area contributed by atoms with Crippen LogP contribution < -0.4 is 15.8 Å². The van der Waals surface area contributed by atoms with Crippen molar-refractivity contribution >= 4 is 29.6 Å². The first-order chi connectivity index (χ1) is 15.6. The van der Waals surface area contributed by atoms with Gasteiger partial charge >= 0.3 is 12.1 Å². The van der Waals surface area contributed by atoms with Crippen LogP contribution in [0.5, 0.6) is 5.75 Å². The molecule has 0 radical (unpaired) electrons. The van der Waals surface area contributed by atoms with Crippen LogP contribution >= 0.6 is 0 Å². The molecule has 0 bridgehead atoms. The second-order valence-electron chi connectivity index (χ2n) is 8.38. The fourth-order valence-electron chi connectivity index (χ4n) is 3.43. The van der Waals surface area contributed by atoms with Crippen LogP contribution in [0, 0.1) is 0 Å². The van der Waals surface area contributed by atoms with E-state index in [-0.39, 0.29) is 25.4 Å². The van der Waals surface area contributed by atoms with Gasteiger partial charge in [-0.25, -0.2) is 4.79 Å². The number of alkyl carbamates (subject to hydrolysis) is 1. The fraction of sp³-hybridized carbons (Fsp3) is 0.320. The molecule has 3 rings (SSSR count). The number of carbonyl (C=O) groups is 3. The average molecular weight is 453 g/mol. The van der Waals surface area contributed by atoms with Gasteiger partial charge in [0.15, 0.2) is 5.78 Å². The summed E-state index contributed by atoms with van der Waals surface area (Å²) in [6.45, 7) is 4.99. The fourth-order valence-corrected chi connectivity index (χ4v) is 3.43. The Balaban J connectivity index is 1.72. The Morgan fingerprint density at radius 2 is 1.91 bits per heavy atom. The van der Waals surface area contributed by atoms with E-state index in [1.54, 1.807) is 24.3 Å². The number of nitrogen functional groups attached to an aromatic ring is 1. The summed E-state index contributed by atoms with van der Waals surface area (Å²) in [6, 6.07) is 12.0. The molecular weight excluding hydrogens is 424 g/mol. The molecule has 0 aromatic heterocycles. The zero-order valence-electron chi connectivity index (χ0n) is 18.9. The van der Waals surface area contributed by atoms with Gasteiger partial charge in [-0.1, -0.05) is 42.5 Å². The van der Waals surface area contributed by atoms with Crippen molar-refractivity contribution in [3.63, 3.8) is 0 Å². The summed E-state index contributed by atoms with van der Waals surface area (Å²) in [4.78, 5) is 36.1. The lowest BCUT2D eigenvalue weighted by molar-refractivity contribution is -0.141. The van der Waals surface area contributed by atoms with Crippen molar-refractivity contribution in [3.8, 4) is 5.75 Å². The molecule has 0 spiro atoms. The van der Waals surface area contributed by atoms with Gasteiger partial charge in [0.25, 0.3) is 0 Å². The van der Waals surface area contributed by atoms with E-state index >= 15 is 0 Å². The van der Waals surface area contributed by atoms with Crippen LogP contribution in [-0.2, 0) is 20.9 Å². The second kappa shape index (κ2) is 10.2. The Hall–Kier alpha value is -3.81. The van der Waals surface area contributed by atoms with E-state index in [2.05, 4.69) is 5.32 Å². The number of rotatable bonds is 7. The first-order valence-corrected chi connectivity index (χ1v) is 10.6. The van der Waals surface area contributed by atoms with Crippen LogP contribution in [0.1, 0.15) is 48.7 Å². The normalized spacial score (nSPS) is 15.3. The lowest BCUT2D eigenvalue weighted by Gasteiger charge is -2.32. The molecule has 0 aliphatic carbocycles. The summed E-state index contributed by atoms with van der Waals surface area (Å²) in [5, 5.41) is 2.66. The Bertz CT molecular complexity index is 1060. The van der Waals surface area contributed by atoms with Gasteiger partial charge in [-0.05, 0) is 37.1 Å². The number of fused-ring (bicyclic) bond motifs is 1. The van der Waals surface area contributed by atoms with Gasteiger partial charge in [-0.15, -0.1) is 0 Å². The second-order valence-corrected chi connectivity index (χ2v) is 8.38. The molecule has 0 saturated heterocycles. The summed E-state index contributed by atoms with van der Waals surface area (Å²) < 4.78 is 16.2. The molecule has 0 unspecified atom stereocenters. The Morgan fingerprint density at radius 3 is 2.61 bits per heavy atom. The van der Waals surface area contributed by atoms with E-state index in [1.165, 1.54) is 6.92 Å². The molecule has 3 N–H and O–H groups in total. The molecule has 2 aromatic rings. The van der Waals surface area contributed by atoms with Gasteiger partial charge in [-0.3, -0.25) is 9.59 Å². The van der Waals surface area contributed by atoms with E-state index in [9.17, 15) is 14.4 Å². The minimum atomic E-state index is -0.668. The zero-order chi connectivity index (χ0) is 24.0. The number of nitrogens with one attached hydrogen (secondary N) is 1. The highest BCUT2D eigenvalue weighted by Gasteiger charge is 2.34. The van der Waals surface area contributed by atoms with Crippen molar-refractivity contribution in [2.75, 3.05) is 12.3 Å². The molecule has 33 heavy (non-hydrogen) atoms. The first kappa shape index (κ1) is 23.8. The molecule has 1 amide bonds. The molecule has 1 heterocycles. The quantitative estimate of drug-likeness (QED) is 0.483. The van der Waals surface area contributed by atoms with E-state index in [4.69, 9.17) is 19.9 Å². The molecule has 1 atom stereocenters. The monoisotopic (exact) mass is 452 g/mol. The van der Waals surface area contributed by atoms with Crippen molar-refractivity contribution in [2.45, 2.75) is 45.4 Å². The Morgan fingerprint density at radius 1 is 1.18 bits per heavy atom. The summed E-state index contributed by atoms with van der Waals surface area (Å²) in [5.74, 6) is -0.121. The number of nitrogens with two attached hydrogens (primary N) is 1. The maximum atomic E-state index is 12.6. The van der Waals surface area contributed by atoms with Crippen molar-refractivity contribution in [2.24, 2.45) is 0 Å². The minimum Gasteiger partial charge on any atom is -0.487 e. The number of esters is 1. The molecule has 1 aliphatic rings. The molecule has 0 saturated carbocycles. The number of anilines is 1. The van der Waals surface area contributed by atoms with Gasteiger partial charge in [-0.2, -0.15) is 0 Å². The topological polar surface area (TPSA) is 117 Å². The maximum absolute atomic E-state index is 12.6. The van der Waals surface area contributed by atoms with Gasteiger partial charge in [0.1, 0.15) is 24.6 Å². The predicted octanol–water partition coefficient (Wildman–Crippen LogP) is 3.88. The van der Waals surface area contributed by atoms with E-state index in [1.807, 2.05) is 44.2 Å². The number of ether oxygens (including phenoxy) is 3. The predicted molar refractivity (Wildman–Crippen MR) is 124 cm³/mol. The molecule has 8 nitrogen and oxygen atoms in total. The molecule has 8 heteroatoms. The van der Waals surface area contributed by atoms with Crippen molar-refractivity contribution in [3.05, 3.63) is 65.2 Å². The highest BCUT2D eigenvalue weighted by atomic mass is 16.6. The number of amides is 1. The molecule has 2 aromatic carbocycles. The van der Waals surface area contributed by atoms with Crippen LogP contribution in [0.15, 0.2) is 48.5 Å². The summed E-state index contributed by atoms with van der Waals surface area (Å²) in [6.07, 6.45) is 2.85. The molecule has 174 valence electrons. The van der Waals surface area contributed by atoms with Crippen molar-refractivity contribution < 1.29 is 28.6 Å². The number of hydrogen-bond donors (Lipinski definition) is 2. The average Bonchev–Trinajstić information content (AvgIpc) is 2.74. The van der Waals surface area contributed by atoms with E-state index < -0.39 is 23.7 Å². The third-order valence-corrected chi connectivity index (χ3v) is 4.98. The molecule has 1 aliphatic heterocycles. The SMILES string of the molecule is CC(=O)OC[C@H](/C=C/c1ccc2c(c1N)C(=O)CC(C)(C)O2)NC(=O)OCc1ccccc1. The lowest BCUT2D eigenvalue weighted by Crippen LogP contribution is -2.37. The smallest absolute Gasteiger partial charge is 0.408 e. The summed E-state index contributed by atoms with van der Waals surface area (Å²) in [5.41, 5.74) is 7.73. The van der Waals surface area contributed by atoms with Crippen LogP contribution in [0.4, 0.5) is 10.5 Å². The standard InChI is InChI=1S/C25H28N2O6/c1-16(28)31-15-19(27-24(30)32-14-17-7-5-4-6-8-17)11-9-18-10-12-21-22(23(18)26)20(29)13-25(2,3)33-21/h4-12,19H,13-15,26H2,1-3H3,(H,27,30)/b11-9+/t19-/m0/s1. The largest absolute Gasteiger partial charge is 0.487 e. The highest BCUT2D eigenvalue weighted by molar-refractivity contribution is 6.06. The number of benzene rings is 2. The molecular formula is C25H28N2O6. The first-order valence-electron chi connectivity index (χ1n) is 10.6. The van der Waals surface area contributed by atoms with Crippen LogP contribution in [-0.4, -0.2) is 36.1 Å². The lowest BCUT2D eigenvalue weighted by atomic mass is 9.90. The minimum absolute atomic E-state index is 0.0897. The maximum Gasteiger partial charge on any atom is 0.408 e. The zero-order valence-corrected chi connectivity index (χ0v) is 18.9. The van der Waals surface area contributed by atoms with Crippen LogP contribution in [0.25, 0.3) is 6.08 Å². The van der Waals surface area contributed by atoms with Gasteiger partial charge < -0.3 is 25.3 Å². The third kappa shape index (κ3) is 6.58. The van der Waals surface area contributed by atoms with E-state index in [0.29, 0.717) is 22.6 Å². The summed E-state index contributed by atoms with van der Waals surface area (Å²) in [7, 11) is 0. The molecule has 0 fully saturated rings. The van der Waals surface area contributed by atoms with Crippen molar-refractivity contribution in [1.82, 2.24) is 5.32 Å². The van der Waals surface area contributed by atoms with Gasteiger partial charge in [0, 0.05) is 6.92 Å². The third-order valence-electron chi connectivity index (χ3n) is 4.98. The number of hydrogen-bond acceptors (Lipinski definition) is 7. The number of Topliss-reactive ketones (excluding diaryl/α,β-unsaturated/α-hetero) is 1. The number of carbonyl (C=O) groups excluding carboxylic acids is 3. The summed E-state index contributed by atoms with van der Waals surface area (Å²) >= 11 is 0. The van der Waals surface area contributed by atoms with Crippen LogP contribution in [0.2, 0.25) is 0 Å². The highest BCUT2D eigenvalue weighted by Crippen LogP contribution is 2.38. The Kier molecular flexibility index (Phi) is 7.37.